The number of nitrogens with zero attached hydrogens (tertiary/aromatic N) is 2. The van der Waals surface area contributed by atoms with Gasteiger partial charge in [0.25, 0.3) is 0 Å². The molecule has 0 saturated heterocycles. The van der Waals surface area contributed by atoms with E-state index in [0.717, 1.165) is 16.7 Å². The minimum absolute atomic E-state index is 0.490. The van der Waals surface area contributed by atoms with Crippen molar-refractivity contribution in [2.45, 2.75) is 0 Å². The Hall–Kier alpha value is -5.00. The molecular weight excluding hydrogens is 525 g/mol. The third-order valence-corrected chi connectivity index (χ3v) is 9.34. The second-order valence-electron chi connectivity index (χ2n) is 9.60. The van der Waals surface area contributed by atoms with Crippen LogP contribution in [0.4, 0.5) is 0 Å². The van der Waals surface area contributed by atoms with E-state index < -0.39 is 0 Å². The summed E-state index contributed by atoms with van der Waals surface area (Å²) in [6.07, 6.45) is 0. The predicted molar refractivity (Wildman–Crippen MR) is 168 cm³/mol. The molecule has 0 unspecified atom stereocenters. The molecule has 0 bridgehead atoms. The molecule has 40 heavy (non-hydrogen) atoms. The van der Waals surface area contributed by atoms with E-state index in [1.807, 2.05) is 23.5 Å². The highest BCUT2D eigenvalue weighted by atomic mass is 32.1. The van der Waals surface area contributed by atoms with Crippen molar-refractivity contribution in [2.24, 2.45) is 0 Å². The van der Waals surface area contributed by atoms with E-state index in [0.29, 0.717) is 11.1 Å². The zero-order valence-corrected chi connectivity index (χ0v) is 22.9. The first-order valence-corrected chi connectivity index (χ1v) is 14.6. The molecule has 0 fully saturated rings. The summed E-state index contributed by atoms with van der Waals surface area (Å²) < 4.78 is 2.60. The first-order chi connectivity index (χ1) is 19.7. The Labute approximate surface area is 240 Å². The van der Waals surface area contributed by atoms with Gasteiger partial charge in [0.2, 0.25) is 0 Å². The summed E-state index contributed by atoms with van der Waals surface area (Å²) in [5.74, 6) is 0. The number of fused-ring (bicyclic) bond motifs is 2. The largest absolute Gasteiger partial charge is 0.192 e. The summed E-state index contributed by atoms with van der Waals surface area (Å²) in [4.78, 5) is 1.21. The van der Waals surface area contributed by atoms with Gasteiger partial charge in [-0.15, -0.1) is 22.7 Å². The summed E-state index contributed by atoms with van der Waals surface area (Å²) in [6, 6.07) is 44.0. The van der Waals surface area contributed by atoms with Gasteiger partial charge in [-0.2, -0.15) is 10.5 Å². The lowest BCUT2D eigenvalue weighted by Crippen LogP contribution is -1.85. The number of hydrogen-bond donors (Lipinski definition) is 0. The van der Waals surface area contributed by atoms with Gasteiger partial charge in [0, 0.05) is 36.2 Å². The van der Waals surface area contributed by atoms with Gasteiger partial charge in [-0.05, 0) is 63.5 Å². The van der Waals surface area contributed by atoms with Crippen molar-refractivity contribution in [3.8, 4) is 56.0 Å². The van der Waals surface area contributed by atoms with Gasteiger partial charge in [-0.25, -0.2) is 0 Å². The maximum Gasteiger partial charge on any atom is 0.0992 e. The lowest BCUT2D eigenvalue weighted by molar-refractivity contribution is 1.44. The Bertz CT molecular complexity index is 1980. The molecule has 0 aliphatic carbocycles. The second kappa shape index (κ2) is 9.95. The van der Waals surface area contributed by atoms with Crippen LogP contribution in [-0.2, 0) is 0 Å². The summed E-state index contributed by atoms with van der Waals surface area (Å²) in [5, 5.41) is 23.6. The van der Waals surface area contributed by atoms with Crippen LogP contribution >= 0.6 is 22.7 Å². The fraction of sp³-hybridized carbons (Fsp3) is 0. The van der Waals surface area contributed by atoms with Crippen LogP contribution in [0, 0.1) is 22.7 Å². The highest BCUT2D eigenvalue weighted by molar-refractivity contribution is 7.23. The fourth-order valence-electron chi connectivity index (χ4n) is 5.38. The normalized spacial score (nSPS) is 10.9. The first kappa shape index (κ1) is 24.1. The molecule has 0 spiro atoms. The van der Waals surface area contributed by atoms with Gasteiger partial charge in [0.05, 0.1) is 23.3 Å². The van der Waals surface area contributed by atoms with E-state index in [4.69, 9.17) is 0 Å². The van der Waals surface area contributed by atoms with E-state index in [9.17, 15) is 10.5 Å². The Balaban J connectivity index is 1.43. The summed E-state index contributed by atoms with van der Waals surface area (Å²) in [5.41, 5.74) is 9.01. The highest BCUT2D eigenvalue weighted by Gasteiger charge is 2.20. The van der Waals surface area contributed by atoms with Crippen molar-refractivity contribution in [1.82, 2.24) is 0 Å². The molecular formula is C36H20N2S2. The molecule has 2 nitrogen and oxygen atoms in total. The number of hydrogen-bond acceptors (Lipinski definition) is 4. The monoisotopic (exact) mass is 544 g/mol. The zero-order chi connectivity index (χ0) is 27.1. The van der Waals surface area contributed by atoms with Gasteiger partial charge in [-0.3, -0.25) is 0 Å². The van der Waals surface area contributed by atoms with Crippen molar-refractivity contribution in [3.63, 3.8) is 0 Å². The van der Waals surface area contributed by atoms with Crippen LogP contribution in [0.15, 0.2) is 121 Å². The number of rotatable bonds is 4. The van der Waals surface area contributed by atoms with E-state index in [1.165, 1.54) is 47.3 Å². The van der Waals surface area contributed by atoms with Crippen LogP contribution in [0.3, 0.4) is 0 Å². The van der Waals surface area contributed by atoms with E-state index in [2.05, 4.69) is 115 Å². The summed E-state index contributed by atoms with van der Waals surface area (Å²) in [6.45, 7) is 0. The molecule has 0 saturated carbocycles. The van der Waals surface area contributed by atoms with Crippen LogP contribution < -0.4 is 0 Å². The SMILES string of the molecule is N#Cc1cc(C#N)cc(-c2ccc(-c3cc4c(-c5ccccc5)c5sccc5c(-c5ccccc5)c4s3)cc2)c1. The average Bonchev–Trinajstić information content (AvgIpc) is 3.68. The van der Waals surface area contributed by atoms with Crippen LogP contribution in [-0.4, -0.2) is 0 Å². The minimum Gasteiger partial charge on any atom is -0.192 e. The van der Waals surface area contributed by atoms with Crippen molar-refractivity contribution in [1.29, 1.82) is 10.5 Å². The van der Waals surface area contributed by atoms with Crippen LogP contribution in [0.1, 0.15) is 11.1 Å². The topological polar surface area (TPSA) is 47.6 Å². The quantitative estimate of drug-likeness (QED) is 0.221. The lowest BCUT2D eigenvalue weighted by atomic mass is 9.93. The summed E-state index contributed by atoms with van der Waals surface area (Å²) in [7, 11) is 0. The van der Waals surface area contributed by atoms with E-state index >= 15 is 0 Å². The van der Waals surface area contributed by atoms with Crippen molar-refractivity contribution in [2.75, 3.05) is 0 Å². The van der Waals surface area contributed by atoms with Crippen LogP contribution in [0.2, 0.25) is 0 Å². The second-order valence-corrected chi connectivity index (χ2v) is 11.6. The van der Waals surface area contributed by atoms with Crippen molar-refractivity contribution in [3.05, 3.63) is 132 Å². The molecule has 4 heteroatoms. The van der Waals surface area contributed by atoms with Crippen LogP contribution in [0.5, 0.6) is 0 Å². The Kier molecular flexibility index (Phi) is 5.99. The first-order valence-electron chi connectivity index (χ1n) is 12.9. The van der Waals surface area contributed by atoms with E-state index in [1.54, 1.807) is 17.4 Å². The van der Waals surface area contributed by atoms with Crippen molar-refractivity contribution >= 4 is 42.8 Å². The van der Waals surface area contributed by atoms with Gasteiger partial charge in [0.1, 0.15) is 0 Å². The maximum absolute atomic E-state index is 9.40. The number of thiophene rings is 2. The van der Waals surface area contributed by atoms with Crippen LogP contribution in [0.25, 0.3) is 64.0 Å². The fourth-order valence-corrected chi connectivity index (χ4v) is 7.62. The third-order valence-electron chi connectivity index (χ3n) is 7.21. The third kappa shape index (κ3) is 4.08. The molecule has 0 N–H and O–H groups in total. The standard InChI is InChI=1S/C36H20N2S2/c37-21-23-17-24(22-38)19-29(18-23)25-11-13-26(14-12-25)32-20-31-34(28-9-5-2-6-10-28)35-30(15-16-39-35)33(36(31)40-32)27-7-3-1-4-8-27/h1-20H. The molecule has 0 amide bonds. The highest BCUT2D eigenvalue weighted by Crippen LogP contribution is 2.50. The molecule has 7 aromatic rings. The lowest BCUT2D eigenvalue weighted by Gasteiger charge is -2.12. The molecule has 0 radical (unpaired) electrons. The Morgan fingerprint density at radius 2 is 1.05 bits per heavy atom. The van der Waals surface area contributed by atoms with Gasteiger partial charge < -0.3 is 0 Å². The minimum atomic E-state index is 0.490. The molecule has 0 aliphatic rings. The predicted octanol–water partition coefficient (Wildman–Crippen LogP) is 10.5. The molecule has 5 aromatic carbocycles. The van der Waals surface area contributed by atoms with Gasteiger partial charge >= 0.3 is 0 Å². The maximum atomic E-state index is 9.40. The molecule has 7 rings (SSSR count). The van der Waals surface area contributed by atoms with Gasteiger partial charge in [-0.1, -0.05) is 84.9 Å². The van der Waals surface area contributed by atoms with Gasteiger partial charge in [0.15, 0.2) is 0 Å². The Morgan fingerprint density at radius 1 is 0.475 bits per heavy atom. The molecule has 2 heterocycles. The molecule has 186 valence electrons. The number of nitriles is 2. The molecule has 0 atom stereocenters. The smallest absolute Gasteiger partial charge is 0.0992 e. The van der Waals surface area contributed by atoms with Crippen molar-refractivity contribution < 1.29 is 0 Å². The van der Waals surface area contributed by atoms with E-state index in [-0.39, 0.29) is 0 Å². The molecule has 0 aliphatic heterocycles. The molecule has 2 aromatic heterocycles. The number of benzene rings is 5. The zero-order valence-electron chi connectivity index (χ0n) is 21.3. The summed E-state index contributed by atoms with van der Waals surface area (Å²) >= 11 is 3.63. The Morgan fingerprint density at radius 3 is 1.65 bits per heavy atom. The average molecular weight is 545 g/mol.